The molecule has 0 saturated carbocycles. The van der Waals surface area contributed by atoms with Gasteiger partial charge in [0.15, 0.2) is 0 Å². The summed E-state index contributed by atoms with van der Waals surface area (Å²) in [6, 6.07) is 16.5. The molecule has 1 fully saturated rings. The Morgan fingerprint density at radius 1 is 1.04 bits per heavy atom. The zero-order valence-corrected chi connectivity index (χ0v) is 16.3. The maximum absolute atomic E-state index is 2.59. The Morgan fingerprint density at radius 3 is 2.81 bits per heavy atom. The molecule has 5 rings (SSSR count). The van der Waals surface area contributed by atoms with Gasteiger partial charge in [-0.25, -0.2) is 0 Å². The van der Waals surface area contributed by atoms with E-state index in [-0.39, 0.29) is 0 Å². The fourth-order valence-electron chi connectivity index (χ4n) is 4.67. The molecule has 0 N–H and O–H groups in total. The summed E-state index contributed by atoms with van der Waals surface area (Å²) in [5.74, 6) is 0.482. The number of hydrogen-bond donors (Lipinski definition) is 0. The van der Waals surface area contributed by atoms with E-state index in [9.17, 15) is 0 Å². The van der Waals surface area contributed by atoms with Crippen molar-refractivity contribution in [3.8, 4) is 0 Å². The molecule has 2 nitrogen and oxygen atoms in total. The smallest absolute Gasteiger partial charge is 0.0345 e. The zero-order valence-electron chi connectivity index (χ0n) is 15.4. The molecule has 3 aromatic rings. The average molecular weight is 363 g/mol. The van der Waals surface area contributed by atoms with Gasteiger partial charge < -0.3 is 4.90 Å². The highest BCUT2D eigenvalue weighted by atomic mass is 32.1. The van der Waals surface area contributed by atoms with Crippen LogP contribution in [0.25, 0.3) is 10.1 Å². The number of nitrogens with zero attached hydrogens (tertiary/aromatic N) is 2. The molecule has 3 heterocycles. The fourth-order valence-corrected chi connectivity index (χ4v) is 5.51. The normalized spacial score (nSPS) is 21.3. The van der Waals surface area contributed by atoms with Gasteiger partial charge in [0.1, 0.15) is 0 Å². The third kappa shape index (κ3) is 3.09. The van der Waals surface area contributed by atoms with Crippen LogP contribution in [0.2, 0.25) is 0 Å². The largest absolute Gasteiger partial charge is 0.301 e. The van der Waals surface area contributed by atoms with Crippen LogP contribution in [0.3, 0.4) is 0 Å². The van der Waals surface area contributed by atoms with Gasteiger partial charge in [0.2, 0.25) is 0 Å². The second kappa shape index (κ2) is 6.80. The van der Waals surface area contributed by atoms with E-state index in [1.165, 1.54) is 58.3 Å². The molecule has 26 heavy (non-hydrogen) atoms. The number of likely N-dealkylation sites (tertiary alicyclic amines) is 1. The van der Waals surface area contributed by atoms with Crippen LogP contribution in [-0.4, -0.2) is 36.5 Å². The number of benzene rings is 2. The summed E-state index contributed by atoms with van der Waals surface area (Å²) in [6.45, 7) is 5.82. The van der Waals surface area contributed by atoms with E-state index < -0.39 is 0 Å². The van der Waals surface area contributed by atoms with Crippen LogP contribution in [0.1, 0.15) is 41.0 Å². The van der Waals surface area contributed by atoms with E-state index in [0.717, 1.165) is 19.6 Å². The molecule has 2 aliphatic heterocycles. The van der Waals surface area contributed by atoms with Gasteiger partial charge in [-0.1, -0.05) is 30.3 Å². The van der Waals surface area contributed by atoms with Crippen LogP contribution in [0.15, 0.2) is 47.8 Å². The number of rotatable bonds is 3. The Balaban J connectivity index is 1.48. The van der Waals surface area contributed by atoms with Crippen LogP contribution in [0.5, 0.6) is 0 Å². The Kier molecular flexibility index (Phi) is 4.32. The molecule has 1 unspecified atom stereocenters. The first-order valence-electron chi connectivity index (χ1n) is 9.76. The lowest BCUT2D eigenvalue weighted by Crippen LogP contribution is -2.31. The van der Waals surface area contributed by atoms with Gasteiger partial charge in [-0.2, -0.15) is 0 Å². The van der Waals surface area contributed by atoms with Gasteiger partial charge in [-0.3, -0.25) is 4.90 Å². The van der Waals surface area contributed by atoms with E-state index in [1.807, 2.05) is 11.3 Å². The maximum Gasteiger partial charge on any atom is 0.0345 e. The Bertz CT molecular complexity index is 923. The highest BCUT2D eigenvalue weighted by molar-refractivity contribution is 7.17. The molecule has 3 heteroatoms. The van der Waals surface area contributed by atoms with Crippen LogP contribution in [0, 0.1) is 0 Å². The Labute approximate surface area is 160 Å². The van der Waals surface area contributed by atoms with E-state index in [4.69, 9.17) is 0 Å². The Morgan fingerprint density at radius 2 is 1.92 bits per heavy atom. The molecule has 0 spiro atoms. The van der Waals surface area contributed by atoms with E-state index in [2.05, 4.69) is 64.7 Å². The predicted molar refractivity (Wildman–Crippen MR) is 111 cm³/mol. The van der Waals surface area contributed by atoms with Crippen molar-refractivity contribution in [1.82, 2.24) is 9.80 Å². The molecule has 0 aliphatic carbocycles. The van der Waals surface area contributed by atoms with Crippen molar-refractivity contribution >= 4 is 21.4 Å². The maximum atomic E-state index is 2.59. The summed E-state index contributed by atoms with van der Waals surface area (Å²) in [5.41, 5.74) is 5.99. The van der Waals surface area contributed by atoms with Crippen molar-refractivity contribution in [2.75, 3.05) is 26.7 Å². The molecule has 0 radical (unpaired) electrons. The first-order chi connectivity index (χ1) is 12.8. The second-order valence-corrected chi connectivity index (χ2v) is 8.93. The van der Waals surface area contributed by atoms with Crippen LogP contribution < -0.4 is 0 Å². The Hall–Kier alpha value is -1.68. The van der Waals surface area contributed by atoms with Crippen molar-refractivity contribution in [2.45, 2.75) is 31.8 Å². The predicted octanol–water partition coefficient (Wildman–Crippen LogP) is 5.07. The standard InChI is InChI=1S/C23H26N2S/c1-24-15-20-12-17(14-25-9-2-3-10-25)4-7-21(20)22(16-24)19-6-5-18-8-11-26-23(18)13-19/h4-8,11-13,22H,2-3,9-10,14-16H2,1H3. The molecule has 2 aliphatic rings. The monoisotopic (exact) mass is 362 g/mol. The summed E-state index contributed by atoms with van der Waals surface area (Å²) < 4.78 is 1.41. The molecular weight excluding hydrogens is 336 g/mol. The molecule has 2 aromatic carbocycles. The van der Waals surface area contributed by atoms with Gasteiger partial charge in [-0.15, -0.1) is 11.3 Å². The van der Waals surface area contributed by atoms with E-state index in [0.29, 0.717) is 5.92 Å². The molecule has 1 saturated heterocycles. The molecule has 1 aromatic heterocycles. The van der Waals surface area contributed by atoms with Crippen molar-refractivity contribution in [3.63, 3.8) is 0 Å². The SMILES string of the molecule is CN1Cc2cc(CN3CCCC3)ccc2C(c2ccc3ccsc3c2)C1. The van der Waals surface area contributed by atoms with Gasteiger partial charge in [0.05, 0.1) is 0 Å². The lowest BCUT2D eigenvalue weighted by atomic mass is 9.84. The number of fused-ring (bicyclic) bond motifs is 2. The third-order valence-corrected chi connectivity index (χ3v) is 6.88. The minimum absolute atomic E-state index is 0.482. The third-order valence-electron chi connectivity index (χ3n) is 6.00. The summed E-state index contributed by atoms with van der Waals surface area (Å²) >= 11 is 1.85. The lowest BCUT2D eigenvalue weighted by Gasteiger charge is -2.33. The topological polar surface area (TPSA) is 6.48 Å². The fraction of sp³-hybridized carbons (Fsp3) is 0.391. The lowest BCUT2D eigenvalue weighted by molar-refractivity contribution is 0.294. The zero-order chi connectivity index (χ0) is 17.5. The molecule has 0 amide bonds. The number of thiophene rings is 1. The quantitative estimate of drug-likeness (QED) is 0.641. The minimum atomic E-state index is 0.482. The van der Waals surface area contributed by atoms with Gasteiger partial charge >= 0.3 is 0 Å². The summed E-state index contributed by atoms with van der Waals surface area (Å²) in [5, 5.41) is 3.56. The summed E-state index contributed by atoms with van der Waals surface area (Å²) in [4.78, 5) is 5.07. The highest BCUT2D eigenvalue weighted by Gasteiger charge is 2.25. The van der Waals surface area contributed by atoms with Gasteiger partial charge in [0.25, 0.3) is 0 Å². The van der Waals surface area contributed by atoms with E-state index in [1.54, 1.807) is 0 Å². The van der Waals surface area contributed by atoms with Gasteiger partial charge in [0, 0.05) is 30.3 Å². The minimum Gasteiger partial charge on any atom is -0.301 e. The molecule has 0 bridgehead atoms. The van der Waals surface area contributed by atoms with Gasteiger partial charge in [-0.05, 0) is 78.1 Å². The summed E-state index contributed by atoms with van der Waals surface area (Å²) in [7, 11) is 2.26. The first-order valence-corrected chi connectivity index (χ1v) is 10.6. The molecular formula is C23H26N2S. The van der Waals surface area contributed by atoms with Crippen LogP contribution in [-0.2, 0) is 13.1 Å². The molecule has 1 atom stereocenters. The van der Waals surface area contributed by atoms with Crippen LogP contribution in [0.4, 0.5) is 0 Å². The number of hydrogen-bond acceptors (Lipinski definition) is 3. The van der Waals surface area contributed by atoms with Crippen LogP contribution >= 0.6 is 11.3 Å². The highest BCUT2D eigenvalue weighted by Crippen LogP contribution is 2.35. The summed E-state index contributed by atoms with van der Waals surface area (Å²) in [6.07, 6.45) is 2.72. The molecule has 134 valence electrons. The second-order valence-electron chi connectivity index (χ2n) is 7.98. The van der Waals surface area contributed by atoms with Crippen molar-refractivity contribution in [1.29, 1.82) is 0 Å². The van der Waals surface area contributed by atoms with E-state index >= 15 is 0 Å². The van der Waals surface area contributed by atoms with Crippen molar-refractivity contribution in [2.24, 2.45) is 0 Å². The number of likely N-dealkylation sites (N-methyl/N-ethyl adjacent to an activating group) is 1. The average Bonchev–Trinajstić information content (AvgIpc) is 3.31. The van der Waals surface area contributed by atoms with Crippen molar-refractivity contribution < 1.29 is 0 Å². The first kappa shape index (κ1) is 16.5. The van der Waals surface area contributed by atoms with Crippen molar-refractivity contribution in [3.05, 3.63) is 70.1 Å².